The van der Waals surface area contributed by atoms with Gasteiger partial charge in [0.25, 0.3) is 0 Å². The highest BCUT2D eigenvalue weighted by atomic mass is 16.6. The number of likely N-dealkylation sites (tertiary alicyclic amines) is 1. The van der Waals surface area contributed by atoms with Crippen LogP contribution in [0.1, 0.15) is 91.0 Å². The van der Waals surface area contributed by atoms with E-state index in [4.69, 9.17) is 9.47 Å². The Labute approximate surface area is 240 Å². The van der Waals surface area contributed by atoms with E-state index in [0.717, 1.165) is 50.1 Å². The molecule has 3 saturated carbocycles. The van der Waals surface area contributed by atoms with E-state index in [1.165, 1.54) is 31.3 Å². The number of piperidine rings is 1. The summed E-state index contributed by atoms with van der Waals surface area (Å²) >= 11 is 0. The van der Waals surface area contributed by atoms with Crippen molar-refractivity contribution in [2.45, 2.75) is 110 Å². The van der Waals surface area contributed by atoms with Crippen molar-refractivity contribution < 1.29 is 19.1 Å². The fraction of sp³-hybridized carbons (Fsp3) is 0.714. The molecular formula is C35H47NO4. The summed E-state index contributed by atoms with van der Waals surface area (Å²) in [6.45, 7) is 10.5. The fourth-order valence-electron chi connectivity index (χ4n) is 10.7. The van der Waals surface area contributed by atoms with E-state index in [-0.39, 0.29) is 29.8 Å². The average Bonchev–Trinajstić information content (AvgIpc) is 3.47. The van der Waals surface area contributed by atoms with Crippen LogP contribution in [0.4, 0.5) is 4.79 Å². The maximum absolute atomic E-state index is 13.5. The number of carbonyl (C=O) groups excluding carboxylic acids is 2. The molecule has 7 rings (SSSR count). The molecule has 216 valence electrons. The highest BCUT2D eigenvalue weighted by molar-refractivity contribution is 5.79. The van der Waals surface area contributed by atoms with Gasteiger partial charge in [-0.1, -0.05) is 56.7 Å². The number of amides is 1. The molecule has 4 aliphatic carbocycles. The number of hydrogen-bond donors (Lipinski definition) is 0. The fourth-order valence-corrected chi connectivity index (χ4v) is 10.7. The number of rotatable bonds is 2. The van der Waals surface area contributed by atoms with Gasteiger partial charge < -0.3 is 14.4 Å². The number of ether oxygens (including phenoxy) is 2. The van der Waals surface area contributed by atoms with Crippen molar-refractivity contribution in [2.24, 2.45) is 40.9 Å². The first-order valence-corrected chi connectivity index (χ1v) is 16.1. The number of hydrogen-bond acceptors (Lipinski definition) is 4. The van der Waals surface area contributed by atoms with Crippen molar-refractivity contribution in [3.05, 3.63) is 47.0 Å². The van der Waals surface area contributed by atoms with E-state index in [0.29, 0.717) is 41.5 Å². The third kappa shape index (κ3) is 3.96. The summed E-state index contributed by atoms with van der Waals surface area (Å²) in [6, 6.07) is 10.0. The van der Waals surface area contributed by atoms with E-state index in [1.807, 2.05) is 35.2 Å². The van der Waals surface area contributed by atoms with E-state index in [2.05, 4.69) is 27.7 Å². The average molecular weight is 546 g/mol. The Morgan fingerprint density at radius 3 is 2.70 bits per heavy atom. The van der Waals surface area contributed by atoms with Crippen molar-refractivity contribution in [1.82, 2.24) is 4.90 Å². The third-order valence-corrected chi connectivity index (χ3v) is 12.8. The number of benzene rings is 1. The molecule has 3 unspecified atom stereocenters. The highest BCUT2D eigenvalue weighted by Crippen LogP contribution is 2.66. The van der Waals surface area contributed by atoms with Crippen LogP contribution in [0.3, 0.4) is 0 Å². The zero-order valence-corrected chi connectivity index (χ0v) is 24.9. The van der Waals surface area contributed by atoms with Gasteiger partial charge in [0.2, 0.25) is 0 Å². The van der Waals surface area contributed by atoms with Gasteiger partial charge in [-0.3, -0.25) is 4.79 Å². The van der Waals surface area contributed by atoms with Crippen LogP contribution in [0.2, 0.25) is 0 Å². The first-order chi connectivity index (χ1) is 19.2. The van der Waals surface area contributed by atoms with Crippen LogP contribution in [0.5, 0.6) is 0 Å². The first kappa shape index (κ1) is 26.7. The zero-order valence-electron chi connectivity index (χ0n) is 24.9. The van der Waals surface area contributed by atoms with Gasteiger partial charge in [0.05, 0.1) is 17.7 Å². The van der Waals surface area contributed by atoms with Crippen LogP contribution in [-0.2, 0) is 20.9 Å². The quantitative estimate of drug-likeness (QED) is 0.365. The lowest BCUT2D eigenvalue weighted by atomic mass is 9.52. The maximum atomic E-state index is 13.5. The Morgan fingerprint density at radius 2 is 1.90 bits per heavy atom. The van der Waals surface area contributed by atoms with E-state index >= 15 is 0 Å². The molecule has 2 heterocycles. The molecule has 1 spiro atoms. The van der Waals surface area contributed by atoms with Crippen molar-refractivity contribution in [1.29, 1.82) is 0 Å². The topological polar surface area (TPSA) is 55.8 Å². The predicted octanol–water partition coefficient (Wildman–Crippen LogP) is 7.34. The molecule has 0 aromatic heterocycles. The molecule has 0 N–H and O–H groups in total. The standard InChI is InChI=1S/C35H47NO4/c1-21-16-31-32(36(19-21)33(38)39-20-24-8-6-5-7-9-24)23(3)35(40-31)15-13-27-28-11-10-25-17-26(37)12-14-34(25,4)30(28)18-29(27)22(35)2/h5-9,21,23,25,27-28,30-32H,10-20H2,1-4H3/t21?,23-,25-,27+,28?,30+,31-,32+,34?,35+/m1/s1. The zero-order chi connectivity index (χ0) is 27.8. The summed E-state index contributed by atoms with van der Waals surface area (Å²) in [5, 5.41) is 0. The van der Waals surface area contributed by atoms with Gasteiger partial charge in [0, 0.05) is 25.3 Å². The van der Waals surface area contributed by atoms with Gasteiger partial charge in [-0.05, 0) is 98.0 Å². The number of nitrogens with zero attached hydrogens (tertiary/aromatic N) is 1. The lowest BCUT2D eigenvalue weighted by Gasteiger charge is -2.52. The second-order valence-corrected chi connectivity index (χ2v) is 14.7. The minimum absolute atomic E-state index is 0.0570. The Kier molecular flexibility index (Phi) is 6.49. The first-order valence-electron chi connectivity index (χ1n) is 16.1. The highest BCUT2D eigenvalue weighted by Gasteiger charge is 2.63. The van der Waals surface area contributed by atoms with Crippen LogP contribution in [0.25, 0.3) is 0 Å². The normalized spacial score (nSPS) is 44.2. The summed E-state index contributed by atoms with van der Waals surface area (Å²) in [4.78, 5) is 27.9. The van der Waals surface area contributed by atoms with Gasteiger partial charge in [-0.15, -0.1) is 0 Å². The monoisotopic (exact) mass is 545 g/mol. The molecule has 5 fully saturated rings. The van der Waals surface area contributed by atoms with Gasteiger partial charge in [-0.25, -0.2) is 4.79 Å². The minimum atomic E-state index is -0.278. The SMILES string of the molecule is CC1=C2C[C@H]3C(CC[C@@H]4CC(=O)CCC43C)[C@@H]2CC[C@]12O[C@@H]1CC(C)CN(C(=O)OCc3ccccc3)[C@H]1[C@H]2C. The molecule has 40 heavy (non-hydrogen) atoms. The summed E-state index contributed by atoms with van der Waals surface area (Å²) in [5.41, 5.74) is 4.21. The van der Waals surface area contributed by atoms with Gasteiger partial charge in [0.15, 0.2) is 0 Å². The molecular weight excluding hydrogens is 498 g/mol. The maximum Gasteiger partial charge on any atom is 0.410 e. The van der Waals surface area contributed by atoms with E-state index in [9.17, 15) is 9.59 Å². The third-order valence-electron chi connectivity index (χ3n) is 12.8. The molecule has 2 saturated heterocycles. The van der Waals surface area contributed by atoms with Crippen molar-refractivity contribution in [2.75, 3.05) is 6.54 Å². The number of fused-ring (bicyclic) bond motifs is 6. The summed E-state index contributed by atoms with van der Waals surface area (Å²) < 4.78 is 13.1. The molecule has 1 aromatic carbocycles. The van der Waals surface area contributed by atoms with E-state index < -0.39 is 0 Å². The van der Waals surface area contributed by atoms with Crippen LogP contribution in [0, 0.1) is 40.9 Å². The van der Waals surface area contributed by atoms with Crippen LogP contribution in [-0.4, -0.2) is 41.1 Å². The number of allylic oxidation sites excluding steroid dienone is 1. The molecule has 1 aromatic rings. The lowest BCUT2D eigenvalue weighted by molar-refractivity contribution is -0.129. The molecule has 10 atom stereocenters. The molecule has 0 radical (unpaired) electrons. The molecule has 5 heteroatoms. The minimum Gasteiger partial charge on any atom is -0.445 e. The van der Waals surface area contributed by atoms with Crippen molar-refractivity contribution >= 4 is 11.9 Å². The van der Waals surface area contributed by atoms with E-state index in [1.54, 1.807) is 5.57 Å². The summed E-state index contributed by atoms with van der Waals surface area (Å²) in [5.74, 6) is 3.83. The van der Waals surface area contributed by atoms with Crippen molar-refractivity contribution in [3.63, 3.8) is 0 Å². The Bertz CT molecular complexity index is 1210. The van der Waals surface area contributed by atoms with Gasteiger partial charge in [0.1, 0.15) is 12.4 Å². The largest absolute Gasteiger partial charge is 0.445 e. The van der Waals surface area contributed by atoms with Gasteiger partial charge in [-0.2, -0.15) is 0 Å². The smallest absolute Gasteiger partial charge is 0.410 e. The van der Waals surface area contributed by atoms with Crippen LogP contribution < -0.4 is 0 Å². The predicted molar refractivity (Wildman–Crippen MR) is 154 cm³/mol. The Hall–Kier alpha value is -2.14. The molecule has 5 nitrogen and oxygen atoms in total. The number of Topliss-reactive ketones (excluding diaryl/α,β-unsaturated/α-hetero) is 1. The second kappa shape index (κ2) is 9.71. The van der Waals surface area contributed by atoms with Gasteiger partial charge >= 0.3 is 6.09 Å². The van der Waals surface area contributed by atoms with Crippen LogP contribution >= 0.6 is 0 Å². The Morgan fingerprint density at radius 1 is 1.10 bits per heavy atom. The molecule has 1 amide bonds. The van der Waals surface area contributed by atoms with Crippen LogP contribution in [0.15, 0.2) is 41.5 Å². The summed E-state index contributed by atoms with van der Waals surface area (Å²) in [6.07, 6.45) is 9.50. The summed E-state index contributed by atoms with van der Waals surface area (Å²) in [7, 11) is 0. The van der Waals surface area contributed by atoms with Crippen molar-refractivity contribution in [3.8, 4) is 0 Å². The number of ketones is 1. The lowest BCUT2D eigenvalue weighted by Crippen LogP contribution is -2.54. The molecule has 2 aliphatic heterocycles. The molecule has 6 aliphatic rings. The second-order valence-electron chi connectivity index (χ2n) is 14.7. The Balaban J connectivity index is 1.15. The molecule has 0 bridgehead atoms. The number of carbonyl (C=O) groups is 2.